The van der Waals surface area contributed by atoms with Crippen LogP contribution in [0.2, 0.25) is 0 Å². The minimum Gasteiger partial charge on any atom is -0.339 e. The van der Waals surface area contributed by atoms with Gasteiger partial charge in [-0.2, -0.15) is 5.10 Å². The van der Waals surface area contributed by atoms with Gasteiger partial charge < -0.3 is 10.7 Å². The standard InChI is InChI=1S/C17H27N7OS/c1-4-22(14-8-6-5-7-9-14)15(25)11-26-17-20-19-16(23(17)18)24-13(3)10-12(2)21-24/h10,14H,4-9,11,18H2,1-3H3. The number of carbonyl (C=O) groups excluding carboxylic acids is 1. The Balaban J connectivity index is 1.66. The van der Waals surface area contributed by atoms with Crippen molar-refractivity contribution in [1.29, 1.82) is 0 Å². The van der Waals surface area contributed by atoms with Gasteiger partial charge in [0.05, 0.1) is 11.4 Å². The number of hydrogen-bond donors (Lipinski definition) is 1. The average molecular weight is 378 g/mol. The van der Waals surface area contributed by atoms with Crippen molar-refractivity contribution in [2.24, 2.45) is 0 Å². The monoisotopic (exact) mass is 377 g/mol. The van der Waals surface area contributed by atoms with Gasteiger partial charge in [-0.05, 0) is 39.7 Å². The van der Waals surface area contributed by atoms with Gasteiger partial charge >= 0.3 is 0 Å². The first-order chi connectivity index (χ1) is 12.5. The third-order valence-corrected chi connectivity index (χ3v) is 5.77. The summed E-state index contributed by atoms with van der Waals surface area (Å²) in [5.74, 6) is 7.04. The normalized spacial score (nSPS) is 15.3. The Morgan fingerprint density at radius 3 is 2.65 bits per heavy atom. The Morgan fingerprint density at radius 2 is 2.04 bits per heavy atom. The summed E-state index contributed by atoms with van der Waals surface area (Å²) in [6.45, 7) is 6.65. The third-order valence-electron chi connectivity index (χ3n) is 4.85. The molecule has 0 unspecified atom stereocenters. The van der Waals surface area contributed by atoms with E-state index in [1.165, 1.54) is 35.7 Å². The van der Waals surface area contributed by atoms with Gasteiger partial charge in [-0.15, -0.1) is 10.2 Å². The zero-order valence-corrected chi connectivity index (χ0v) is 16.5. The Hall–Kier alpha value is -2.03. The van der Waals surface area contributed by atoms with E-state index in [0.717, 1.165) is 30.8 Å². The van der Waals surface area contributed by atoms with Crippen LogP contribution in [0.25, 0.3) is 5.95 Å². The largest absolute Gasteiger partial charge is 0.339 e. The summed E-state index contributed by atoms with van der Waals surface area (Å²) < 4.78 is 3.06. The molecule has 0 bridgehead atoms. The second kappa shape index (κ2) is 8.11. The number of rotatable bonds is 6. The highest BCUT2D eigenvalue weighted by molar-refractivity contribution is 7.99. The molecule has 1 amide bonds. The van der Waals surface area contributed by atoms with Gasteiger partial charge in [-0.3, -0.25) is 4.79 Å². The molecule has 0 radical (unpaired) electrons. The minimum atomic E-state index is 0.139. The van der Waals surface area contributed by atoms with Crippen LogP contribution < -0.4 is 5.84 Å². The van der Waals surface area contributed by atoms with Crippen molar-refractivity contribution < 1.29 is 4.79 Å². The van der Waals surface area contributed by atoms with Crippen LogP contribution in [0.1, 0.15) is 50.4 Å². The molecule has 8 nitrogen and oxygen atoms in total. The molecule has 2 aromatic rings. The van der Waals surface area contributed by atoms with Gasteiger partial charge in [0, 0.05) is 18.3 Å². The molecule has 0 aliphatic heterocycles. The zero-order chi connectivity index (χ0) is 18.7. The molecule has 9 heteroatoms. The van der Waals surface area contributed by atoms with Crippen LogP contribution in [0.3, 0.4) is 0 Å². The molecule has 1 fully saturated rings. The Bertz CT molecular complexity index is 763. The van der Waals surface area contributed by atoms with E-state index < -0.39 is 0 Å². The van der Waals surface area contributed by atoms with E-state index in [0.29, 0.717) is 22.9 Å². The van der Waals surface area contributed by atoms with Gasteiger partial charge in [0.2, 0.25) is 11.1 Å². The fraction of sp³-hybridized carbons (Fsp3) is 0.647. The molecule has 3 rings (SSSR count). The molecule has 1 saturated carbocycles. The summed E-state index contributed by atoms with van der Waals surface area (Å²) in [6, 6.07) is 2.33. The molecule has 2 N–H and O–H groups in total. The van der Waals surface area contributed by atoms with Crippen molar-refractivity contribution in [3.8, 4) is 5.95 Å². The van der Waals surface area contributed by atoms with Gasteiger partial charge in [-0.1, -0.05) is 31.0 Å². The second-order valence-corrected chi connectivity index (χ2v) is 7.69. The number of nitrogens with zero attached hydrogens (tertiary/aromatic N) is 6. The SMILES string of the molecule is CCN(C(=O)CSc1nnc(-n2nc(C)cc2C)n1N)C1CCCCC1. The summed E-state index contributed by atoms with van der Waals surface area (Å²) in [4.78, 5) is 14.7. The quantitative estimate of drug-likeness (QED) is 0.612. The van der Waals surface area contributed by atoms with Crippen LogP contribution in [0.15, 0.2) is 11.2 Å². The van der Waals surface area contributed by atoms with Gasteiger partial charge in [0.15, 0.2) is 0 Å². The number of nitrogens with two attached hydrogens (primary N) is 1. The van der Waals surface area contributed by atoms with Crippen LogP contribution in [0, 0.1) is 13.8 Å². The molecule has 142 valence electrons. The highest BCUT2D eigenvalue weighted by atomic mass is 32.2. The van der Waals surface area contributed by atoms with Crippen LogP contribution in [0.4, 0.5) is 0 Å². The van der Waals surface area contributed by atoms with Crippen molar-refractivity contribution >= 4 is 17.7 Å². The van der Waals surface area contributed by atoms with Gasteiger partial charge in [-0.25, -0.2) is 9.36 Å². The molecule has 0 aromatic carbocycles. The predicted molar refractivity (Wildman–Crippen MR) is 102 cm³/mol. The molecule has 2 aromatic heterocycles. The summed E-state index contributed by atoms with van der Waals surface area (Å²) in [7, 11) is 0. The number of aryl methyl sites for hydroxylation is 2. The molecule has 1 aliphatic carbocycles. The molecular weight excluding hydrogens is 350 g/mol. The van der Waals surface area contributed by atoms with Gasteiger partial charge in [0.25, 0.3) is 5.95 Å². The maximum Gasteiger partial charge on any atom is 0.271 e. The lowest BCUT2D eigenvalue weighted by Gasteiger charge is -2.33. The minimum absolute atomic E-state index is 0.139. The van der Waals surface area contributed by atoms with Crippen LogP contribution in [0.5, 0.6) is 0 Å². The fourth-order valence-corrected chi connectivity index (χ4v) is 4.32. The lowest BCUT2D eigenvalue weighted by Crippen LogP contribution is -2.42. The topological polar surface area (TPSA) is 94.9 Å². The van der Waals surface area contributed by atoms with Crippen molar-refractivity contribution in [3.05, 3.63) is 17.5 Å². The van der Waals surface area contributed by atoms with E-state index in [1.807, 2.05) is 31.7 Å². The molecule has 0 saturated heterocycles. The predicted octanol–water partition coefficient (Wildman–Crippen LogP) is 2.07. The third kappa shape index (κ3) is 3.87. The van der Waals surface area contributed by atoms with E-state index in [-0.39, 0.29) is 5.91 Å². The molecule has 2 heterocycles. The Morgan fingerprint density at radius 1 is 1.31 bits per heavy atom. The number of hydrogen-bond acceptors (Lipinski definition) is 6. The van der Waals surface area contributed by atoms with E-state index in [1.54, 1.807) is 4.68 Å². The maximum absolute atomic E-state index is 12.7. The van der Waals surface area contributed by atoms with Crippen molar-refractivity contribution in [2.45, 2.75) is 64.1 Å². The number of amides is 1. The summed E-state index contributed by atoms with van der Waals surface area (Å²) in [6.07, 6.45) is 5.93. The second-order valence-electron chi connectivity index (χ2n) is 6.75. The number of aromatic nitrogens is 5. The van der Waals surface area contributed by atoms with E-state index in [4.69, 9.17) is 5.84 Å². The van der Waals surface area contributed by atoms with Crippen LogP contribution >= 0.6 is 11.8 Å². The number of thioether (sulfide) groups is 1. The summed E-state index contributed by atoms with van der Waals surface area (Å²) >= 11 is 1.32. The Kier molecular flexibility index (Phi) is 5.85. The lowest BCUT2D eigenvalue weighted by atomic mass is 9.94. The smallest absolute Gasteiger partial charge is 0.271 e. The Labute approximate surface area is 158 Å². The molecule has 26 heavy (non-hydrogen) atoms. The van der Waals surface area contributed by atoms with Crippen molar-refractivity contribution in [1.82, 2.24) is 29.6 Å². The maximum atomic E-state index is 12.7. The summed E-state index contributed by atoms with van der Waals surface area (Å²) in [5.41, 5.74) is 1.82. The highest BCUT2D eigenvalue weighted by Crippen LogP contribution is 2.24. The molecule has 0 spiro atoms. The summed E-state index contributed by atoms with van der Waals surface area (Å²) in [5, 5.41) is 13.2. The average Bonchev–Trinajstić information content (AvgIpc) is 3.16. The van der Waals surface area contributed by atoms with Crippen LogP contribution in [-0.2, 0) is 4.79 Å². The lowest BCUT2D eigenvalue weighted by molar-refractivity contribution is -0.131. The number of nitrogen functional groups attached to an aromatic ring is 1. The molecule has 0 atom stereocenters. The van der Waals surface area contributed by atoms with Gasteiger partial charge in [0.1, 0.15) is 0 Å². The van der Waals surface area contributed by atoms with Crippen molar-refractivity contribution in [2.75, 3.05) is 18.1 Å². The number of carbonyl (C=O) groups is 1. The van der Waals surface area contributed by atoms with E-state index in [9.17, 15) is 4.79 Å². The molecular formula is C17H27N7OS. The van der Waals surface area contributed by atoms with Crippen molar-refractivity contribution in [3.63, 3.8) is 0 Å². The first-order valence-electron chi connectivity index (χ1n) is 9.17. The van der Waals surface area contributed by atoms with Crippen LogP contribution in [-0.4, -0.2) is 53.8 Å². The fourth-order valence-electron chi connectivity index (χ4n) is 3.58. The van der Waals surface area contributed by atoms with E-state index in [2.05, 4.69) is 15.3 Å². The first-order valence-corrected chi connectivity index (χ1v) is 10.2. The highest BCUT2D eigenvalue weighted by Gasteiger charge is 2.25. The first kappa shape index (κ1) is 18.8. The zero-order valence-electron chi connectivity index (χ0n) is 15.7. The van der Waals surface area contributed by atoms with E-state index >= 15 is 0 Å². The molecule has 1 aliphatic rings.